The molecule has 1 aromatic carbocycles. The lowest BCUT2D eigenvalue weighted by atomic mass is 10.3. The summed E-state index contributed by atoms with van der Waals surface area (Å²) in [5.41, 5.74) is 1.32. The van der Waals surface area contributed by atoms with Crippen LogP contribution in [0.3, 0.4) is 0 Å². The van der Waals surface area contributed by atoms with Crippen molar-refractivity contribution in [3.8, 4) is 11.5 Å². The summed E-state index contributed by atoms with van der Waals surface area (Å²) in [6.45, 7) is 0. The molecular weight excluding hydrogens is 382 g/mol. The van der Waals surface area contributed by atoms with Gasteiger partial charge in [0.15, 0.2) is 0 Å². The van der Waals surface area contributed by atoms with Crippen molar-refractivity contribution in [3.05, 3.63) is 21.1 Å². The van der Waals surface area contributed by atoms with Crippen molar-refractivity contribution in [2.75, 3.05) is 7.11 Å². The summed E-state index contributed by atoms with van der Waals surface area (Å²) >= 11 is 6.13. The van der Waals surface area contributed by atoms with Gasteiger partial charge in [0.2, 0.25) is 0 Å². The van der Waals surface area contributed by atoms with Gasteiger partial charge in [0.1, 0.15) is 11.5 Å². The minimum Gasteiger partial charge on any atom is -0.496 e. The Labute approximate surface area is 118 Å². The van der Waals surface area contributed by atoms with Gasteiger partial charge < -0.3 is 9.47 Å². The Kier molecular flexibility index (Phi) is 4.88. The van der Waals surface area contributed by atoms with E-state index in [9.17, 15) is 13.6 Å². The van der Waals surface area contributed by atoms with Gasteiger partial charge in [-0.25, -0.2) is 5.84 Å². The van der Waals surface area contributed by atoms with Crippen molar-refractivity contribution in [1.29, 1.82) is 0 Å². The third-order valence-corrected chi connectivity index (χ3v) is 3.08. The maximum Gasteiger partial charge on any atom is 0.483 e. The van der Waals surface area contributed by atoms with Crippen molar-refractivity contribution in [3.63, 3.8) is 0 Å². The van der Waals surface area contributed by atoms with Gasteiger partial charge in [-0.05, 0) is 44.0 Å². The molecule has 3 N–H and O–H groups in total. The summed E-state index contributed by atoms with van der Waals surface area (Å²) in [6.07, 6.45) is -4.08. The Morgan fingerprint density at radius 2 is 1.83 bits per heavy atom. The van der Waals surface area contributed by atoms with Crippen LogP contribution >= 0.6 is 31.9 Å². The van der Waals surface area contributed by atoms with Crippen molar-refractivity contribution in [2.24, 2.45) is 5.84 Å². The van der Waals surface area contributed by atoms with Crippen LogP contribution in [0.5, 0.6) is 11.5 Å². The molecule has 1 aromatic rings. The predicted octanol–water partition coefficient (Wildman–Crippen LogP) is 2.18. The van der Waals surface area contributed by atoms with Gasteiger partial charge in [-0.15, -0.1) is 0 Å². The van der Waals surface area contributed by atoms with Crippen molar-refractivity contribution in [1.82, 2.24) is 5.43 Å². The number of amides is 1. The largest absolute Gasteiger partial charge is 0.496 e. The van der Waals surface area contributed by atoms with E-state index in [1.807, 2.05) is 0 Å². The van der Waals surface area contributed by atoms with E-state index in [0.29, 0.717) is 10.2 Å². The Morgan fingerprint density at radius 3 is 2.33 bits per heavy atom. The topological polar surface area (TPSA) is 73.6 Å². The number of hydrogen-bond donors (Lipinski definition) is 2. The van der Waals surface area contributed by atoms with E-state index in [1.165, 1.54) is 24.7 Å². The van der Waals surface area contributed by atoms with Crippen LogP contribution in [-0.4, -0.2) is 19.1 Å². The van der Waals surface area contributed by atoms with Crippen LogP contribution in [0, 0.1) is 0 Å². The minimum atomic E-state index is -4.08. The molecular formula is C9H8Br2F2N2O3. The number of methoxy groups -OCH3 is 1. The highest BCUT2D eigenvalue weighted by atomic mass is 79.9. The van der Waals surface area contributed by atoms with Crippen LogP contribution < -0.4 is 20.7 Å². The first-order valence-electron chi connectivity index (χ1n) is 4.42. The quantitative estimate of drug-likeness (QED) is 0.470. The number of ether oxygens (including phenoxy) is 2. The molecule has 0 heterocycles. The fourth-order valence-electron chi connectivity index (χ4n) is 1.01. The molecule has 0 fully saturated rings. The third-order valence-electron chi connectivity index (χ3n) is 1.84. The Bertz CT molecular complexity index is 471. The van der Waals surface area contributed by atoms with Crippen LogP contribution in [0.25, 0.3) is 0 Å². The molecule has 0 aliphatic carbocycles. The van der Waals surface area contributed by atoms with Crippen LogP contribution in [0.2, 0.25) is 0 Å². The number of hydrogen-bond acceptors (Lipinski definition) is 4. The van der Waals surface area contributed by atoms with Gasteiger partial charge in [-0.1, -0.05) is 0 Å². The first kappa shape index (κ1) is 15.1. The van der Waals surface area contributed by atoms with Gasteiger partial charge in [0, 0.05) is 0 Å². The summed E-state index contributed by atoms with van der Waals surface area (Å²) in [5, 5.41) is 0. The number of carbonyl (C=O) groups is 1. The molecule has 1 amide bonds. The zero-order valence-electron chi connectivity index (χ0n) is 8.97. The molecule has 0 saturated heterocycles. The molecule has 100 valence electrons. The van der Waals surface area contributed by atoms with Crippen LogP contribution in [0.15, 0.2) is 21.1 Å². The molecule has 0 radical (unpaired) electrons. The molecule has 0 bridgehead atoms. The van der Waals surface area contributed by atoms with E-state index < -0.39 is 12.0 Å². The zero-order chi connectivity index (χ0) is 13.9. The standard InChI is InChI=1S/C9H8Br2F2N2O3/c1-17-6-2-5(11)7(3-4(6)10)18-9(12,13)8(16)15-14/h2-3H,14H2,1H3,(H,15,16). The van der Waals surface area contributed by atoms with Gasteiger partial charge in [0.25, 0.3) is 0 Å². The van der Waals surface area contributed by atoms with E-state index in [-0.39, 0.29) is 10.2 Å². The Morgan fingerprint density at radius 1 is 1.33 bits per heavy atom. The number of nitrogens with two attached hydrogens (primary N) is 1. The highest BCUT2D eigenvalue weighted by molar-refractivity contribution is 9.11. The first-order chi connectivity index (χ1) is 8.31. The molecule has 0 atom stereocenters. The van der Waals surface area contributed by atoms with Gasteiger partial charge in [-0.2, -0.15) is 8.78 Å². The van der Waals surface area contributed by atoms with Crippen LogP contribution in [0.4, 0.5) is 8.78 Å². The lowest BCUT2D eigenvalue weighted by molar-refractivity contribution is -0.193. The zero-order valence-corrected chi connectivity index (χ0v) is 12.1. The number of hydrazine groups is 1. The summed E-state index contributed by atoms with van der Waals surface area (Å²) in [7, 11) is 1.42. The van der Waals surface area contributed by atoms with Crippen LogP contribution in [0.1, 0.15) is 0 Å². The third kappa shape index (κ3) is 3.30. The Hall–Kier alpha value is -0.930. The molecule has 9 heteroatoms. The highest BCUT2D eigenvalue weighted by Gasteiger charge is 2.42. The SMILES string of the molecule is COc1cc(Br)c(OC(F)(F)C(=O)NN)cc1Br. The van der Waals surface area contributed by atoms with E-state index in [2.05, 4.69) is 42.4 Å². The summed E-state index contributed by atoms with van der Waals surface area (Å²) in [4.78, 5) is 10.8. The van der Waals surface area contributed by atoms with E-state index in [4.69, 9.17) is 4.74 Å². The maximum atomic E-state index is 13.2. The maximum absolute atomic E-state index is 13.2. The number of halogens is 4. The molecule has 0 aliphatic heterocycles. The van der Waals surface area contributed by atoms with E-state index >= 15 is 0 Å². The first-order valence-corrected chi connectivity index (χ1v) is 6.01. The summed E-state index contributed by atoms with van der Waals surface area (Å²) in [6, 6.07) is 2.65. The monoisotopic (exact) mass is 388 g/mol. The molecule has 5 nitrogen and oxygen atoms in total. The minimum absolute atomic E-state index is 0.201. The Balaban J connectivity index is 3.05. The lowest BCUT2D eigenvalue weighted by Gasteiger charge is -2.17. The van der Waals surface area contributed by atoms with Crippen molar-refractivity contribution < 1.29 is 23.0 Å². The number of rotatable bonds is 4. The van der Waals surface area contributed by atoms with Crippen LogP contribution in [-0.2, 0) is 4.79 Å². The molecule has 0 spiro atoms. The predicted molar refractivity (Wildman–Crippen MR) is 66.3 cm³/mol. The number of nitrogens with one attached hydrogen (secondary N) is 1. The average molecular weight is 390 g/mol. The number of benzene rings is 1. The average Bonchev–Trinajstić information content (AvgIpc) is 2.31. The smallest absolute Gasteiger partial charge is 0.483 e. The summed E-state index contributed by atoms with van der Waals surface area (Å²) in [5.74, 6) is 3.05. The number of alkyl halides is 2. The van der Waals surface area contributed by atoms with Gasteiger partial charge in [0.05, 0.1) is 16.1 Å². The second-order valence-corrected chi connectivity index (χ2v) is 4.72. The van der Waals surface area contributed by atoms with Crippen molar-refractivity contribution in [2.45, 2.75) is 6.11 Å². The normalized spacial score (nSPS) is 11.0. The highest BCUT2D eigenvalue weighted by Crippen LogP contribution is 2.38. The molecule has 0 aromatic heterocycles. The van der Waals surface area contributed by atoms with E-state index in [0.717, 1.165) is 0 Å². The van der Waals surface area contributed by atoms with E-state index in [1.54, 1.807) is 0 Å². The molecule has 0 aliphatic rings. The number of carbonyl (C=O) groups excluding carboxylic acids is 1. The molecule has 1 rings (SSSR count). The fraction of sp³-hybridized carbons (Fsp3) is 0.222. The second-order valence-electron chi connectivity index (χ2n) is 3.01. The van der Waals surface area contributed by atoms with Gasteiger partial charge in [-0.3, -0.25) is 10.2 Å². The molecule has 0 unspecified atom stereocenters. The molecule has 18 heavy (non-hydrogen) atoms. The van der Waals surface area contributed by atoms with Crippen molar-refractivity contribution >= 4 is 37.8 Å². The summed E-state index contributed by atoms with van der Waals surface area (Å²) < 4.78 is 36.3. The van der Waals surface area contributed by atoms with Gasteiger partial charge >= 0.3 is 12.0 Å². The fourth-order valence-corrected chi connectivity index (χ4v) is 1.90. The second kappa shape index (κ2) is 5.81. The molecule has 0 saturated carbocycles. The lowest BCUT2D eigenvalue weighted by Crippen LogP contribution is -2.47.